The van der Waals surface area contributed by atoms with E-state index in [4.69, 9.17) is 23.2 Å². The van der Waals surface area contributed by atoms with Crippen LogP contribution in [0.25, 0.3) is 0 Å². The molecule has 0 radical (unpaired) electrons. The second-order valence-corrected chi connectivity index (χ2v) is 6.48. The highest BCUT2D eigenvalue weighted by molar-refractivity contribution is 6.36. The summed E-state index contributed by atoms with van der Waals surface area (Å²) in [7, 11) is 3.93. The van der Waals surface area contributed by atoms with Crippen molar-refractivity contribution in [1.82, 2.24) is 4.90 Å². The Kier molecular flexibility index (Phi) is 6.01. The maximum atomic E-state index is 12.9. The molecule has 0 fully saturated rings. The zero-order valence-electron chi connectivity index (χ0n) is 12.7. The van der Waals surface area contributed by atoms with Crippen LogP contribution in [-0.4, -0.2) is 31.3 Å². The van der Waals surface area contributed by atoms with Gasteiger partial charge in [0.25, 0.3) is 0 Å². The summed E-state index contributed by atoms with van der Waals surface area (Å²) >= 11 is 12.2. The Labute approximate surface area is 141 Å². The molecule has 0 aliphatic carbocycles. The average Bonchev–Trinajstić information content (AvgIpc) is 2.49. The van der Waals surface area contributed by atoms with Gasteiger partial charge in [-0.2, -0.15) is 0 Å². The van der Waals surface area contributed by atoms with E-state index in [0.717, 1.165) is 5.56 Å². The van der Waals surface area contributed by atoms with E-state index in [1.165, 1.54) is 0 Å². The van der Waals surface area contributed by atoms with Crippen molar-refractivity contribution in [3.8, 4) is 0 Å². The van der Waals surface area contributed by atoms with Crippen LogP contribution in [0.4, 0.5) is 0 Å². The van der Waals surface area contributed by atoms with Gasteiger partial charge in [0.15, 0.2) is 5.78 Å². The molecule has 0 aliphatic rings. The van der Waals surface area contributed by atoms with Gasteiger partial charge >= 0.3 is 0 Å². The molecule has 2 aromatic carbocycles. The Morgan fingerprint density at radius 1 is 1.09 bits per heavy atom. The van der Waals surface area contributed by atoms with Gasteiger partial charge < -0.3 is 4.90 Å². The average molecular weight is 336 g/mol. The molecule has 0 saturated heterocycles. The number of hydrogen-bond donors (Lipinski definition) is 0. The fourth-order valence-corrected chi connectivity index (χ4v) is 2.87. The van der Waals surface area contributed by atoms with Gasteiger partial charge in [-0.1, -0.05) is 53.5 Å². The number of ketones is 1. The summed E-state index contributed by atoms with van der Waals surface area (Å²) in [6, 6.07) is 15.0. The molecular formula is C18H19Cl2NO. The van der Waals surface area contributed by atoms with Crippen LogP contribution in [0.2, 0.25) is 10.0 Å². The van der Waals surface area contributed by atoms with E-state index in [1.54, 1.807) is 18.2 Å². The van der Waals surface area contributed by atoms with E-state index in [2.05, 4.69) is 0 Å². The second-order valence-electron chi connectivity index (χ2n) is 5.64. The first kappa shape index (κ1) is 17.0. The number of hydrogen-bond acceptors (Lipinski definition) is 2. The molecule has 0 aliphatic heterocycles. The lowest BCUT2D eigenvalue weighted by Gasteiger charge is -2.21. The summed E-state index contributed by atoms with van der Waals surface area (Å²) in [5, 5.41) is 0.974. The number of carbonyl (C=O) groups excluding carboxylic acids is 1. The first-order chi connectivity index (χ1) is 10.5. The molecule has 22 heavy (non-hydrogen) atoms. The lowest BCUT2D eigenvalue weighted by atomic mass is 9.91. The minimum absolute atomic E-state index is 0.0325. The van der Waals surface area contributed by atoms with Crippen LogP contribution < -0.4 is 0 Å². The topological polar surface area (TPSA) is 20.3 Å². The van der Waals surface area contributed by atoms with E-state index in [9.17, 15) is 4.79 Å². The molecule has 0 aromatic heterocycles. The fraction of sp³-hybridized carbons (Fsp3) is 0.278. The largest absolute Gasteiger partial charge is 0.309 e. The summed E-state index contributed by atoms with van der Waals surface area (Å²) in [4.78, 5) is 14.9. The van der Waals surface area contributed by atoms with Gasteiger partial charge in [0.05, 0.1) is 5.02 Å². The van der Waals surface area contributed by atoms with Crippen molar-refractivity contribution in [3.05, 3.63) is 69.7 Å². The molecule has 0 bridgehead atoms. The molecule has 2 rings (SSSR count). The third kappa shape index (κ3) is 4.57. The number of carbonyl (C=O) groups is 1. The fourth-order valence-electron chi connectivity index (χ4n) is 2.49. The Bertz CT molecular complexity index is 641. The number of rotatable bonds is 6. The van der Waals surface area contributed by atoms with Crippen molar-refractivity contribution < 1.29 is 4.79 Å². The molecule has 0 heterocycles. The van der Waals surface area contributed by atoms with E-state index in [0.29, 0.717) is 28.6 Å². The van der Waals surface area contributed by atoms with Crippen LogP contribution >= 0.6 is 23.2 Å². The Hall–Kier alpha value is -1.35. The van der Waals surface area contributed by atoms with Gasteiger partial charge in [0.2, 0.25) is 0 Å². The minimum atomic E-state index is -0.159. The highest BCUT2D eigenvalue weighted by Crippen LogP contribution is 2.25. The quantitative estimate of drug-likeness (QED) is 0.719. The van der Waals surface area contributed by atoms with Crippen LogP contribution in [-0.2, 0) is 6.42 Å². The van der Waals surface area contributed by atoms with Gasteiger partial charge in [0.1, 0.15) is 0 Å². The van der Waals surface area contributed by atoms with Gasteiger partial charge in [-0.05, 0) is 44.3 Å². The second kappa shape index (κ2) is 7.77. The van der Waals surface area contributed by atoms with Crippen LogP contribution in [0.5, 0.6) is 0 Å². The molecule has 1 unspecified atom stereocenters. The number of benzene rings is 2. The molecule has 2 nitrogen and oxygen atoms in total. The molecule has 0 spiro atoms. The zero-order chi connectivity index (χ0) is 16.1. The number of halogens is 2. The molecule has 116 valence electrons. The predicted octanol–water partition coefficient (Wildman–Crippen LogP) is 4.60. The Balaban J connectivity index is 2.28. The van der Waals surface area contributed by atoms with Gasteiger partial charge in [-0.15, -0.1) is 0 Å². The van der Waals surface area contributed by atoms with Crippen molar-refractivity contribution in [1.29, 1.82) is 0 Å². The first-order valence-corrected chi connectivity index (χ1v) is 7.91. The molecule has 1 atom stereocenters. The third-order valence-corrected chi connectivity index (χ3v) is 4.04. The maximum absolute atomic E-state index is 12.9. The van der Waals surface area contributed by atoms with Crippen molar-refractivity contribution in [3.63, 3.8) is 0 Å². The van der Waals surface area contributed by atoms with E-state index < -0.39 is 0 Å². The van der Waals surface area contributed by atoms with Crippen molar-refractivity contribution in [2.75, 3.05) is 20.6 Å². The van der Waals surface area contributed by atoms with E-state index >= 15 is 0 Å². The third-order valence-electron chi connectivity index (χ3n) is 3.48. The SMILES string of the molecule is CN(C)CC(Cc1ccccc1)C(=O)c1cc(Cl)ccc1Cl. The van der Waals surface area contributed by atoms with Gasteiger partial charge in [-0.3, -0.25) is 4.79 Å². The number of Topliss-reactive ketones (excluding diaryl/α,β-unsaturated/α-hetero) is 1. The van der Waals surface area contributed by atoms with E-state index in [-0.39, 0.29) is 11.7 Å². The maximum Gasteiger partial charge on any atom is 0.169 e. The highest BCUT2D eigenvalue weighted by Gasteiger charge is 2.23. The molecule has 0 amide bonds. The summed E-state index contributed by atoms with van der Waals surface area (Å²) < 4.78 is 0. The smallest absolute Gasteiger partial charge is 0.169 e. The zero-order valence-corrected chi connectivity index (χ0v) is 14.2. The molecule has 4 heteroatoms. The van der Waals surface area contributed by atoms with Crippen LogP contribution in [0.15, 0.2) is 48.5 Å². The number of nitrogens with zero attached hydrogens (tertiary/aromatic N) is 1. The molecule has 2 aromatic rings. The minimum Gasteiger partial charge on any atom is -0.309 e. The summed E-state index contributed by atoms with van der Waals surface area (Å²) in [6.07, 6.45) is 0.681. The van der Waals surface area contributed by atoms with Crippen molar-refractivity contribution >= 4 is 29.0 Å². The van der Waals surface area contributed by atoms with Crippen molar-refractivity contribution in [2.24, 2.45) is 5.92 Å². The predicted molar refractivity (Wildman–Crippen MR) is 93.0 cm³/mol. The summed E-state index contributed by atoms with van der Waals surface area (Å²) in [5.41, 5.74) is 1.64. The molecular weight excluding hydrogens is 317 g/mol. The monoisotopic (exact) mass is 335 g/mol. The Morgan fingerprint density at radius 2 is 1.77 bits per heavy atom. The highest BCUT2D eigenvalue weighted by atomic mass is 35.5. The molecule has 0 saturated carbocycles. The first-order valence-electron chi connectivity index (χ1n) is 7.15. The Morgan fingerprint density at radius 3 is 2.41 bits per heavy atom. The van der Waals surface area contributed by atoms with Gasteiger partial charge in [-0.25, -0.2) is 0 Å². The lowest BCUT2D eigenvalue weighted by molar-refractivity contribution is 0.0897. The standard InChI is InChI=1S/C18H19Cl2NO/c1-21(2)12-14(10-13-6-4-3-5-7-13)18(22)16-11-15(19)8-9-17(16)20/h3-9,11,14H,10,12H2,1-2H3. The van der Waals surface area contributed by atoms with Crippen LogP contribution in [0, 0.1) is 5.92 Å². The summed E-state index contributed by atoms with van der Waals surface area (Å²) in [5.74, 6) is -0.126. The summed E-state index contributed by atoms with van der Waals surface area (Å²) in [6.45, 7) is 0.663. The molecule has 0 N–H and O–H groups in total. The normalized spacial score (nSPS) is 12.4. The van der Waals surface area contributed by atoms with Crippen LogP contribution in [0.1, 0.15) is 15.9 Å². The van der Waals surface area contributed by atoms with Gasteiger partial charge in [0, 0.05) is 23.0 Å². The van der Waals surface area contributed by atoms with Crippen LogP contribution in [0.3, 0.4) is 0 Å². The van der Waals surface area contributed by atoms with Crippen molar-refractivity contribution in [2.45, 2.75) is 6.42 Å². The lowest BCUT2D eigenvalue weighted by Crippen LogP contribution is -2.30. The van der Waals surface area contributed by atoms with E-state index in [1.807, 2.05) is 49.3 Å².